The molecule has 0 radical (unpaired) electrons. The molecule has 0 aliphatic heterocycles. The van der Waals surface area contributed by atoms with Crippen LogP contribution in [0, 0.1) is 5.92 Å². The number of fused-ring (bicyclic) bond motifs is 1. The third kappa shape index (κ3) is 1.08. The normalized spacial score (nSPS) is 22.2. The van der Waals surface area contributed by atoms with E-state index in [2.05, 4.69) is 5.16 Å². The monoisotopic (exact) mass is 168 g/mol. The average Bonchev–Trinajstić information content (AvgIpc) is 2.47. The highest BCUT2D eigenvalue weighted by molar-refractivity contribution is 5.17. The molecule has 0 aromatic carbocycles. The summed E-state index contributed by atoms with van der Waals surface area (Å²) in [5, 5.41) is 2.35. The summed E-state index contributed by atoms with van der Waals surface area (Å²) in [5.41, 5.74) is 6.29. The number of aromatic nitrogens is 1. The topological polar surface area (TPSA) is 72.0 Å². The van der Waals surface area contributed by atoms with Crippen molar-refractivity contribution in [2.45, 2.75) is 19.3 Å². The second kappa shape index (κ2) is 2.79. The van der Waals surface area contributed by atoms with Gasteiger partial charge in [-0.25, -0.2) is 0 Å². The molecule has 66 valence electrons. The molecule has 0 saturated heterocycles. The second-order valence-electron chi connectivity index (χ2n) is 3.28. The lowest BCUT2D eigenvalue weighted by Gasteiger charge is -2.17. The van der Waals surface area contributed by atoms with Crippen molar-refractivity contribution in [1.29, 1.82) is 0 Å². The van der Waals surface area contributed by atoms with Crippen LogP contribution in [0.2, 0.25) is 0 Å². The van der Waals surface area contributed by atoms with Gasteiger partial charge in [-0.05, 0) is 25.3 Å². The Morgan fingerprint density at radius 2 is 2.50 bits per heavy atom. The summed E-state index contributed by atoms with van der Waals surface area (Å²) in [6.07, 6.45) is 2.62. The van der Waals surface area contributed by atoms with Crippen molar-refractivity contribution in [3.8, 4) is 0 Å². The van der Waals surface area contributed by atoms with Crippen molar-refractivity contribution in [2.24, 2.45) is 11.7 Å². The van der Waals surface area contributed by atoms with Crippen LogP contribution in [0.4, 0.5) is 0 Å². The van der Waals surface area contributed by atoms with Gasteiger partial charge in [0.15, 0.2) is 0 Å². The first-order chi connectivity index (χ1) is 5.81. The van der Waals surface area contributed by atoms with E-state index in [1.165, 1.54) is 0 Å². The minimum absolute atomic E-state index is 0.0690. The molecule has 0 spiro atoms. The van der Waals surface area contributed by atoms with Crippen molar-refractivity contribution in [3.05, 3.63) is 21.7 Å². The molecule has 1 unspecified atom stereocenters. The molecular weight excluding hydrogens is 156 g/mol. The molecule has 1 heterocycles. The highest BCUT2D eigenvalue weighted by Crippen LogP contribution is 2.21. The minimum atomic E-state index is -0.0690. The van der Waals surface area contributed by atoms with Gasteiger partial charge in [-0.15, -0.1) is 0 Å². The average molecular weight is 168 g/mol. The molecule has 4 nitrogen and oxygen atoms in total. The quantitative estimate of drug-likeness (QED) is 0.621. The fourth-order valence-corrected chi connectivity index (χ4v) is 1.69. The number of H-pyrrole nitrogens is 1. The van der Waals surface area contributed by atoms with Crippen LogP contribution in [0.1, 0.15) is 17.7 Å². The van der Waals surface area contributed by atoms with E-state index in [0.29, 0.717) is 12.5 Å². The van der Waals surface area contributed by atoms with Crippen LogP contribution >= 0.6 is 0 Å². The van der Waals surface area contributed by atoms with E-state index >= 15 is 0 Å². The molecule has 1 aliphatic rings. The van der Waals surface area contributed by atoms with E-state index in [4.69, 9.17) is 10.3 Å². The smallest absolute Gasteiger partial charge is 0.283 e. The molecule has 1 atom stereocenters. The summed E-state index contributed by atoms with van der Waals surface area (Å²) in [6, 6.07) is 0. The number of aromatic amines is 1. The Morgan fingerprint density at radius 1 is 1.67 bits per heavy atom. The number of rotatable bonds is 1. The Kier molecular flexibility index (Phi) is 1.77. The molecule has 0 fully saturated rings. The van der Waals surface area contributed by atoms with E-state index in [1.54, 1.807) is 0 Å². The number of hydrogen-bond acceptors (Lipinski definition) is 3. The standard InChI is InChI=1S/C8H12N2O2/c9-4-5-1-2-6-7(3-5)12-10-8(6)11/h5H,1-4,9H2,(H,10,11). The summed E-state index contributed by atoms with van der Waals surface area (Å²) >= 11 is 0. The lowest BCUT2D eigenvalue weighted by molar-refractivity contribution is 0.338. The molecule has 1 aromatic rings. The van der Waals surface area contributed by atoms with Crippen molar-refractivity contribution in [1.82, 2.24) is 5.16 Å². The first-order valence-electron chi connectivity index (χ1n) is 4.20. The van der Waals surface area contributed by atoms with Gasteiger partial charge in [0, 0.05) is 6.42 Å². The van der Waals surface area contributed by atoms with Crippen LogP contribution in [0.5, 0.6) is 0 Å². The summed E-state index contributed by atoms with van der Waals surface area (Å²) in [7, 11) is 0. The molecule has 0 bridgehead atoms. The Labute approximate surface area is 69.7 Å². The summed E-state index contributed by atoms with van der Waals surface area (Å²) in [4.78, 5) is 11.1. The van der Waals surface area contributed by atoms with Crippen molar-refractivity contribution in [2.75, 3.05) is 6.54 Å². The van der Waals surface area contributed by atoms with Crippen LogP contribution in [-0.2, 0) is 12.8 Å². The van der Waals surface area contributed by atoms with Crippen LogP contribution in [0.15, 0.2) is 9.32 Å². The van der Waals surface area contributed by atoms with Crippen LogP contribution in [0.25, 0.3) is 0 Å². The maximum absolute atomic E-state index is 11.1. The first-order valence-corrected chi connectivity index (χ1v) is 4.20. The molecule has 3 N–H and O–H groups in total. The summed E-state index contributed by atoms with van der Waals surface area (Å²) in [5.74, 6) is 1.29. The van der Waals surface area contributed by atoms with Crippen LogP contribution in [-0.4, -0.2) is 11.7 Å². The molecule has 2 rings (SSSR count). The van der Waals surface area contributed by atoms with Gasteiger partial charge in [-0.3, -0.25) is 4.79 Å². The number of hydrogen-bond donors (Lipinski definition) is 2. The Hall–Kier alpha value is -1.03. The molecule has 1 aromatic heterocycles. The van der Waals surface area contributed by atoms with Gasteiger partial charge in [0.1, 0.15) is 5.76 Å². The molecular formula is C8H12N2O2. The van der Waals surface area contributed by atoms with E-state index in [9.17, 15) is 4.79 Å². The molecule has 4 heteroatoms. The molecule has 12 heavy (non-hydrogen) atoms. The Morgan fingerprint density at radius 3 is 3.25 bits per heavy atom. The van der Waals surface area contributed by atoms with Gasteiger partial charge in [-0.2, -0.15) is 5.16 Å². The second-order valence-corrected chi connectivity index (χ2v) is 3.28. The van der Waals surface area contributed by atoms with Gasteiger partial charge in [0.25, 0.3) is 5.56 Å². The SMILES string of the molecule is NCC1CCc2c(o[nH]c2=O)C1. The minimum Gasteiger partial charge on any atom is -0.383 e. The lowest BCUT2D eigenvalue weighted by Crippen LogP contribution is -2.23. The Balaban J connectivity index is 2.30. The third-order valence-electron chi connectivity index (χ3n) is 2.49. The number of nitrogens with two attached hydrogens (primary N) is 1. The zero-order chi connectivity index (χ0) is 8.55. The van der Waals surface area contributed by atoms with Crippen molar-refractivity contribution in [3.63, 3.8) is 0 Å². The van der Waals surface area contributed by atoms with Crippen molar-refractivity contribution < 1.29 is 4.52 Å². The zero-order valence-electron chi connectivity index (χ0n) is 6.80. The lowest BCUT2D eigenvalue weighted by atomic mass is 9.89. The van der Waals surface area contributed by atoms with Crippen LogP contribution in [0.3, 0.4) is 0 Å². The zero-order valence-corrected chi connectivity index (χ0v) is 6.80. The molecule has 0 saturated carbocycles. The fraction of sp³-hybridized carbons (Fsp3) is 0.625. The van der Waals surface area contributed by atoms with Crippen LogP contribution < -0.4 is 11.3 Å². The summed E-state index contributed by atoms with van der Waals surface area (Å²) < 4.78 is 5.03. The van der Waals surface area contributed by atoms with E-state index in [-0.39, 0.29) is 5.56 Å². The van der Waals surface area contributed by atoms with Gasteiger partial charge in [0.2, 0.25) is 0 Å². The summed E-state index contributed by atoms with van der Waals surface area (Å²) in [6.45, 7) is 0.675. The fourth-order valence-electron chi connectivity index (χ4n) is 1.69. The third-order valence-corrected chi connectivity index (χ3v) is 2.49. The maximum atomic E-state index is 11.1. The van der Waals surface area contributed by atoms with E-state index < -0.39 is 0 Å². The van der Waals surface area contributed by atoms with E-state index in [1.807, 2.05) is 0 Å². The highest BCUT2D eigenvalue weighted by Gasteiger charge is 2.22. The maximum Gasteiger partial charge on any atom is 0.283 e. The number of nitrogens with one attached hydrogen (secondary N) is 1. The predicted octanol–water partition coefficient (Wildman–Crippen LogP) is 0.0315. The highest BCUT2D eigenvalue weighted by atomic mass is 16.5. The van der Waals surface area contributed by atoms with Gasteiger partial charge >= 0.3 is 0 Å². The Bertz CT molecular complexity index is 326. The molecule has 1 aliphatic carbocycles. The van der Waals surface area contributed by atoms with Crippen molar-refractivity contribution >= 4 is 0 Å². The predicted molar refractivity (Wildman–Crippen MR) is 43.9 cm³/mol. The van der Waals surface area contributed by atoms with Gasteiger partial charge in [-0.1, -0.05) is 0 Å². The van der Waals surface area contributed by atoms with Gasteiger partial charge in [0.05, 0.1) is 5.56 Å². The first kappa shape index (κ1) is 7.61. The molecule has 0 amide bonds. The van der Waals surface area contributed by atoms with E-state index in [0.717, 1.165) is 30.6 Å². The largest absolute Gasteiger partial charge is 0.383 e. The van der Waals surface area contributed by atoms with Gasteiger partial charge < -0.3 is 10.3 Å².